The van der Waals surface area contributed by atoms with Gasteiger partial charge in [0.1, 0.15) is 5.60 Å². The van der Waals surface area contributed by atoms with Crippen molar-refractivity contribution in [2.24, 2.45) is 0 Å². The van der Waals surface area contributed by atoms with Gasteiger partial charge in [0.2, 0.25) is 11.8 Å². The molecule has 0 aliphatic carbocycles. The number of carbonyl (C=O) groups excluding carboxylic acids is 3. The van der Waals surface area contributed by atoms with Gasteiger partial charge in [0, 0.05) is 30.8 Å². The minimum Gasteiger partial charge on any atom is -0.444 e. The summed E-state index contributed by atoms with van der Waals surface area (Å²) in [5.74, 6) is -0.493. The zero-order valence-corrected chi connectivity index (χ0v) is 15.8. The Balaban J connectivity index is 2.50. The van der Waals surface area contributed by atoms with Crippen molar-refractivity contribution in [3.8, 4) is 0 Å². The van der Waals surface area contributed by atoms with Crippen LogP contribution in [0.2, 0.25) is 0 Å². The van der Waals surface area contributed by atoms with Crippen LogP contribution in [0.4, 0.5) is 10.5 Å². The molecule has 0 bridgehead atoms. The molecule has 0 fully saturated rings. The number of hydrogen-bond acceptors (Lipinski definition) is 4. The Morgan fingerprint density at radius 1 is 1.12 bits per heavy atom. The third-order valence-electron chi connectivity index (χ3n) is 3.14. The van der Waals surface area contributed by atoms with Crippen LogP contribution < -0.4 is 16.0 Å². The predicted molar refractivity (Wildman–Crippen MR) is 101 cm³/mol. The molecule has 1 rings (SSSR count). The highest BCUT2D eigenvalue weighted by Gasteiger charge is 2.16. The van der Waals surface area contributed by atoms with Crippen molar-refractivity contribution in [2.75, 3.05) is 11.9 Å². The lowest BCUT2D eigenvalue weighted by molar-refractivity contribution is -0.117. The lowest BCUT2D eigenvalue weighted by atomic mass is 10.1. The molecule has 7 heteroatoms. The normalized spacial score (nSPS) is 10.6. The van der Waals surface area contributed by atoms with Gasteiger partial charge in [-0.2, -0.15) is 0 Å². The Bertz CT molecular complexity index is 678. The molecule has 26 heavy (non-hydrogen) atoms. The monoisotopic (exact) mass is 361 g/mol. The Labute approximate surface area is 154 Å². The van der Waals surface area contributed by atoms with E-state index in [1.54, 1.807) is 39.8 Å². The number of amides is 3. The number of para-hydroxylation sites is 1. The van der Waals surface area contributed by atoms with E-state index >= 15 is 0 Å². The Morgan fingerprint density at radius 3 is 2.38 bits per heavy atom. The Morgan fingerprint density at radius 2 is 1.77 bits per heavy atom. The van der Waals surface area contributed by atoms with Gasteiger partial charge in [-0.25, -0.2) is 4.79 Å². The number of benzene rings is 1. The summed E-state index contributed by atoms with van der Waals surface area (Å²) in [4.78, 5) is 35.2. The van der Waals surface area contributed by atoms with Gasteiger partial charge in [0.25, 0.3) is 0 Å². The SMILES string of the molecule is C=C(C)C(=O)NCc1ccccc1NC(=O)CCNC(=O)OC(C)(C)C. The number of alkyl carbamates (subject to hydrolysis) is 1. The fourth-order valence-electron chi connectivity index (χ4n) is 1.93. The second-order valence-corrected chi connectivity index (χ2v) is 6.85. The quantitative estimate of drug-likeness (QED) is 0.651. The second kappa shape index (κ2) is 9.60. The fraction of sp³-hybridized carbons (Fsp3) is 0.421. The van der Waals surface area contributed by atoms with E-state index < -0.39 is 11.7 Å². The van der Waals surface area contributed by atoms with E-state index in [9.17, 15) is 14.4 Å². The highest BCUT2D eigenvalue weighted by molar-refractivity contribution is 5.93. The summed E-state index contributed by atoms with van der Waals surface area (Å²) in [6, 6.07) is 7.18. The average molecular weight is 361 g/mol. The van der Waals surface area contributed by atoms with Crippen molar-refractivity contribution in [3.05, 3.63) is 42.0 Å². The summed E-state index contributed by atoms with van der Waals surface area (Å²) < 4.78 is 5.10. The molecule has 0 atom stereocenters. The van der Waals surface area contributed by atoms with Crippen LogP contribution in [0, 0.1) is 0 Å². The van der Waals surface area contributed by atoms with Gasteiger partial charge in [-0.05, 0) is 39.3 Å². The van der Waals surface area contributed by atoms with Crippen molar-refractivity contribution < 1.29 is 19.1 Å². The standard InChI is InChI=1S/C19H27N3O4/c1-13(2)17(24)21-12-14-8-6-7-9-15(14)22-16(23)10-11-20-18(25)26-19(3,4)5/h6-9H,1,10-12H2,2-5H3,(H,20,25)(H,21,24)(H,22,23). The van der Waals surface area contributed by atoms with E-state index in [0.29, 0.717) is 11.3 Å². The molecule has 7 nitrogen and oxygen atoms in total. The van der Waals surface area contributed by atoms with Crippen molar-refractivity contribution in [1.29, 1.82) is 0 Å². The van der Waals surface area contributed by atoms with E-state index in [2.05, 4.69) is 22.5 Å². The predicted octanol–water partition coefficient (Wildman–Crippen LogP) is 2.73. The van der Waals surface area contributed by atoms with Gasteiger partial charge < -0.3 is 20.7 Å². The molecule has 0 radical (unpaired) electrons. The number of rotatable bonds is 7. The molecular weight excluding hydrogens is 334 g/mol. The topological polar surface area (TPSA) is 96.5 Å². The van der Waals surface area contributed by atoms with Gasteiger partial charge in [0.15, 0.2) is 0 Å². The molecule has 0 saturated heterocycles. The Kier molecular flexibility index (Phi) is 7.83. The number of ether oxygens (including phenoxy) is 1. The molecule has 0 aliphatic rings. The maximum Gasteiger partial charge on any atom is 0.407 e. The van der Waals surface area contributed by atoms with E-state index in [-0.39, 0.29) is 31.3 Å². The minimum absolute atomic E-state index is 0.103. The van der Waals surface area contributed by atoms with Crippen molar-refractivity contribution in [3.63, 3.8) is 0 Å². The maximum absolute atomic E-state index is 12.1. The van der Waals surface area contributed by atoms with Crippen molar-refractivity contribution in [1.82, 2.24) is 10.6 Å². The first-order valence-electron chi connectivity index (χ1n) is 8.37. The van der Waals surface area contributed by atoms with Crippen LogP contribution in [0.5, 0.6) is 0 Å². The first-order valence-corrected chi connectivity index (χ1v) is 8.37. The molecular formula is C19H27N3O4. The van der Waals surface area contributed by atoms with Gasteiger partial charge in [-0.3, -0.25) is 9.59 Å². The minimum atomic E-state index is -0.584. The molecule has 3 amide bonds. The highest BCUT2D eigenvalue weighted by Crippen LogP contribution is 2.15. The molecule has 0 unspecified atom stereocenters. The highest BCUT2D eigenvalue weighted by atomic mass is 16.6. The third-order valence-corrected chi connectivity index (χ3v) is 3.14. The first-order chi connectivity index (χ1) is 12.1. The molecule has 0 aliphatic heterocycles. The van der Waals surface area contributed by atoms with E-state index in [1.165, 1.54) is 0 Å². The van der Waals surface area contributed by atoms with Gasteiger partial charge in [-0.1, -0.05) is 24.8 Å². The molecule has 1 aromatic carbocycles. The summed E-state index contributed by atoms with van der Waals surface area (Å²) in [5, 5.41) is 8.04. The average Bonchev–Trinajstić information content (AvgIpc) is 2.51. The van der Waals surface area contributed by atoms with Crippen LogP contribution in [0.25, 0.3) is 0 Å². The summed E-state index contributed by atoms with van der Waals surface area (Å²) in [5.41, 5.74) is 1.21. The number of nitrogens with one attached hydrogen (secondary N) is 3. The fourth-order valence-corrected chi connectivity index (χ4v) is 1.93. The van der Waals surface area contributed by atoms with Crippen molar-refractivity contribution in [2.45, 2.75) is 46.3 Å². The van der Waals surface area contributed by atoms with E-state index in [0.717, 1.165) is 5.56 Å². The second-order valence-electron chi connectivity index (χ2n) is 6.85. The van der Waals surface area contributed by atoms with Gasteiger partial charge in [-0.15, -0.1) is 0 Å². The van der Waals surface area contributed by atoms with E-state index in [1.807, 2.05) is 12.1 Å². The molecule has 0 saturated carbocycles. The van der Waals surface area contributed by atoms with Gasteiger partial charge in [0.05, 0.1) is 0 Å². The Hall–Kier alpha value is -2.83. The van der Waals surface area contributed by atoms with Gasteiger partial charge >= 0.3 is 6.09 Å². The maximum atomic E-state index is 12.1. The summed E-state index contributed by atoms with van der Waals surface area (Å²) in [6.07, 6.45) is -0.459. The smallest absolute Gasteiger partial charge is 0.407 e. The van der Waals surface area contributed by atoms with Crippen LogP contribution in [0.1, 0.15) is 39.7 Å². The van der Waals surface area contributed by atoms with Crippen molar-refractivity contribution >= 4 is 23.6 Å². The third kappa shape index (κ3) is 8.32. The zero-order valence-electron chi connectivity index (χ0n) is 15.8. The van der Waals surface area contributed by atoms with Crippen LogP contribution in [-0.2, 0) is 20.9 Å². The number of carbonyl (C=O) groups is 3. The van der Waals surface area contributed by atoms with Crippen LogP contribution in [-0.4, -0.2) is 30.1 Å². The zero-order chi connectivity index (χ0) is 19.7. The summed E-state index contributed by atoms with van der Waals surface area (Å²) in [7, 11) is 0. The number of hydrogen-bond donors (Lipinski definition) is 3. The lowest BCUT2D eigenvalue weighted by Gasteiger charge is -2.19. The molecule has 1 aromatic rings. The molecule has 0 aromatic heterocycles. The summed E-state index contributed by atoms with van der Waals surface area (Å²) >= 11 is 0. The summed E-state index contributed by atoms with van der Waals surface area (Å²) in [6.45, 7) is 10.9. The van der Waals surface area contributed by atoms with Crippen LogP contribution in [0.3, 0.4) is 0 Å². The van der Waals surface area contributed by atoms with Crippen LogP contribution in [0.15, 0.2) is 36.4 Å². The molecule has 3 N–H and O–H groups in total. The number of anilines is 1. The van der Waals surface area contributed by atoms with Crippen LogP contribution >= 0.6 is 0 Å². The largest absolute Gasteiger partial charge is 0.444 e. The molecule has 142 valence electrons. The molecule has 0 spiro atoms. The molecule has 0 heterocycles. The van der Waals surface area contributed by atoms with E-state index in [4.69, 9.17) is 4.74 Å². The first kappa shape index (κ1) is 21.2. The lowest BCUT2D eigenvalue weighted by Crippen LogP contribution is -2.34.